The highest BCUT2D eigenvalue weighted by Crippen LogP contribution is 2.45. The van der Waals surface area contributed by atoms with Crippen LogP contribution >= 0.6 is 0 Å². The molecule has 0 saturated carbocycles. The predicted molar refractivity (Wildman–Crippen MR) is 83.2 cm³/mol. The van der Waals surface area contributed by atoms with E-state index in [9.17, 15) is 0 Å². The van der Waals surface area contributed by atoms with Gasteiger partial charge >= 0.3 is 0 Å². The van der Waals surface area contributed by atoms with Gasteiger partial charge in [-0.15, -0.1) is 6.58 Å². The van der Waals surface area contributed by atoms with Gasteiger partial charge in [0, 0.05) is 12.6 Å². The van der Waals surface area contributed by atoms with Gasteiger partial charge < -0.3 is 0 Å². The zero-order valence-electron chi connectivity index (χ0n) is 13.2. The minimum Gasteiger partial charge on any atom is -0.285 e. The first kappa shape index (κ1) is 15.1. The summed E-state index contributed by atoms with van der Waals surface area (Å²) in [5.74, 6) is 0.783. The lowest BCUT2D eigenvalue weighted by Gasteiger charge is -2.51. The van der Waals surface area contributed by atoms with Crippen LogP contribution in [0.5, 0.6) is 0 Å². The molecule has 0 radical (unpaired) electrons. The number of hydrogen-bond donors (Lipinski definition) is 0. The Balaban J connectivity index is 2.32. The van der Waals surface area contributed by atoms with Crippen molar-refractivity contribution in [2.45, 2.75) is 71.0 Å². The standard InChI is InChI=1S/C17H32N2/c1-5-9-16-10-14-19(15(3)4)17(16,11-6-2)18-12-7-8-13-18/h5,15-16H,1,6-14H2,2-4H3. The second-order valence-electron chi connectivity index (χ2n) is 6.62. The normalized spacial score (nSPS) is 33.4. The van der Waals surface area contributed by atoms with E-state index in [1.54, 1.807) is 0 Å². The smallest absolute Gasteiger partial charge is 0.0772 e. The Kier molecular flexibility index (Phi) is 5.08. The van der Waals surface area contributed by atoms with Crippen LogP contribution in [0.1, 0.15) is 59.3 Å². The van der Waals surface area contributed by atoms with Crippen LogP contribution in [-0.2, 0) is 0 Å². The Labute approximate surface area is 119 Å². The maximum Gasteiger partial charge on any atom is 0.0772 e. The van der Waals surface area contributed by atoms with Gasteiger partial charge in [-0.3, -0.25) is 9.80 Å². The van der Waals surface area contributed by atoms with E-state index in [2.05, 4.69) is 43.2 Å². The summed E-state index contributed by atoms with van der Waals surface area (Å²) in [5.41, 5.74) is 0.327. The average molecular weight is 264 g/mol. The molecule has 0 spiro atoms. The van der Waals surface area contributed by atoms with Crippen LogP contribution in [0.3, 0.4) is 0 Å². The lowest BCUT2D eigenvalue weighted by atomic mass is 9.84. The first-order valence-electron chi connectivity index (χ1n) is 8.29. The van der Waals surface area contributed by atoms with Gasteiger partial charge in [-0.1, -0.05) is 19.4 Å². The van der Waals surface area contributed by atoms with Crippen LogP contribution in [0, 0.1) is 5.92 Å². The fourth-order valence-electron chi connectivity index (χ4n) is 4.59. The highest BCUT2D eigenvalue weighted by Gasteiger charge is 2.52. The SMILES string of the molecule is C=CCC1CCN(C(C)C)C1(CCC)N1CCCC1. The molecule has 0 aromatic rings. The average Bonchev–Trinajstić information content (AvgIpc) is 2.99. The number of nitrogens with zero attached hydrogens (tertiary/aromatic N) is 2. The summed E-state index contributed by atoms with van der Waals surface area (Å²) in [6.45, 7) is 15.0. The molecule has 0 aromatic heterocycles. The van der Waals surface area contributed by atoms with Crippen molar-refractivity contribution in [1.29, 1.82) is 0 Å². The van der Waals surface area contributed by atoms with Crippen LogP contribution < -0.4 is 0 Å². The highest BCUT2D eigenvalue weighted by atomic mass is 15.4. The predicted octanol–water partition coefficient (Wildman–Crippen LogP) is 3.89. The van der Waals surface area contributed by atoms with E-state index in [0.29, 0.717) is 11.7 Å². The largest absolute Gasteiger partial charge is 0.285 e. The molecule has 2 unspecified atom stereocenters. The summed E-state index contributed by atoms with van der Waals surface area (Å²) in [6.07, 6.45) is 10.1. The van der Waals surface area contributed by atoms with Crippen LogP contribution in [0.25, 0.3) is 0 Å². The Bertz CT molecular complexity index is 294. The molecular weight excluding hydrogens is 232 g/mol. The van der Waals surface area contributed by atoms with Crippen molar-refractivity contribution in [3.05, 3.63) is 12.7 Å². The van der Waals surface area contributed by atoms with Crippen molar-refractivity contribution in [3.63, 3.8) is 0 Å². The van der Waals surface area contributed by atoms with Crippen LogP contribution in [0.15, 0.2) is 12.7 Å². The molecule has 2 heterocycles. The van der Waals surface area contributed by atoms with E-state index in [1.165, 1.54) is 58.2 Å². The summed E-state index contributed by atoms with van der Waals surface area (Å²) in [4.78, 5) is 5.62. The maximum absolute atomic E-state index is 4.01. The van der Waals surface area contributed by atoms with Crippen molar-refractivity contribution in [1.82, 2.24) is 9.80 Å². The van der Waals surface area contributed by atoms with Crippen molar-refractivity contribution in [2.75, 3.05) is 19.6 Å². The second-order valence-corrected chi connectivity index (χ2v) is 6.62. The van der Waals surface area contributed by atoms with Gasteiger partial charge in [0.1, 0.15) is 0 Å². The fourth-order valence-corrected chi connectivity index (χ4v) is 4.59. The van der Waals surface area contributed by atoms with Gasteiger partial charge in [-0.2, -0.15) is 0 Å². The second kappa shape index (κ2) is 6.41. The van der Waals surface area contributed by atoms with Gasteiger partial charge in [-0.25, -0.2) is 0 Å². The first-order valence-corrected chi connectivity index (χ1v) is 8.29. The molecule has 2 rings (SSSR count). The number of allylic oxidation sites excluding steroid dienone is 1. The molecule has 0 N–H and O–H groups in total. The zero-order chi connectivity index (χ0) is 13.9. The molecule has 2 nitrogen and oxygen atoms in total. The molecular formula is C17H32N2. The molecule has 19 heavy (non-hydrogen) atoms. The Morgan fingerprint density at radius 2 is 1.95 bits per heavy atom. The van der Waals surface area contributed by atoms with Gasteiger partial charge in [0.2, 0.25) is 0 Å². The van der Waals surface area contributed by atoms with Crippen molar-refractivity contribution in [3.8, 4) is 0 Å². The molecule has 110 valence electrons. The third kappa shape index (κ3) is 2.62. The first-order chi connectivity index (χ1) is 9.16. The number of likely N-dealkylation sites (tertiary alicyclic amines) is 2. The summed E-state index contributed by atoms with van der Waals surface area (Å²) >= 11 is 0. The fraction of sp³-hybridized carbons (Fsp3) is 0.882. The van der Waals surface area contributed by atoms with Crippen molar-refractivity contribution < 1.29 is 0 Å². The number of rotatable bonds is 6. The van der Waals surface area contributed by atoms with Gasteiger partial charge in [0.25, 0.3) is 0 Å². The van der Waals surface area contributed by atoms with E-state index in [-0.39, 0.29) is 0 Å². The van der Waals surface area contributed by atoms with Gasteiger partial charge in [0.05, 0.1) is 5.66 Å². The molecule has 2 aliphatic rings. The third-order valence-corrected chi connectivity index (χ3v) is 5.22. The Morgan fingerprint density at radius 1 is 1.26 bits per heavy atom. The lowest BCUT2D eigenvalue weighted by molar-refractivity contribution is -0.0695. The van der Waals surface area contributed by atoms with E-state index in [1.807, 2.05) is 0 Å². The highest BCUT2D eigenvalue weighted by molar-refractivity contribution is 5.04. The monoisotopic (exact) mass is 264 g/mol. The molecule has 0 aromatic carbocycles. The van der Waals surface area contributed by atoms with Crippen LogP contribution in [0.2, 0.25) is 0 Å². The molecule has 2 atom stereocenters. The maximum atomic E-state index is 4.01. The molecule has 0 aliphatic carbocycles. The lowest BCUT2D eigenvalue weighted by Crippen LogP contribution is -2.61. The van der Waals surface area contributed by atoms with Crippen LogP contribution in [0.4, 0.5) is 0 Å². The zero-order valence-corrected chi connectivity index (χ0v) is 13.2. The van der Waals surface area contributed by atoms with E-state index >= 15 is 0 Å². The molecule has 0 amide bonds. The summed E-state index contributed by atoms with van der Waals surface area (Å²) < 4.78 is 0. The third-order valence-electron chi connectivity index (χ3n) is 5.22. The minimum atomic E-state index is 0.327. The van der Waals surface area contributed by atoms with Gasteiger partial charge in [-0.05, 0) is 65.0 Å². The molecule has 2 fully saturated rings. The molecule has 0 bridgehead atoms. The summed E-state index contributed by atoms with van der Waals surface area (Å²) in [7, 11) is 0. The van der Waals surface area contributed by atoms with Crippen LogP contribution in [-0.4, -0.2) is 41.1 Å². The molecule has 2 aliphatic heterocycles. The van der Waals surface area contributed by atoms with Crippen molar-refractivity contribution in [2.24, 2.45) is 5.92 Å². The van der Waals surface area contributed by atoms with E-state index in [4.69, 9.17) is 0 Å². The molecule has 2 saturated heterocycles. The Hall–Kier alpha value is -0.340. The van der Waals surface area contributed by atoms with E-state index < -0.39 is 0 Å². The molecule has 2 heteroatoms. The minimum absolute atomic E-state index is 0.327. The number of hydrogen-bond acceptors (Lipinski definition) is 2. The summed E-state index contributed by atoms with van der Waals surface area (Å²) in [6, 6.07) is 0.655. The van der Waals surface area contributed by atoms with Gasteiger partial charge in [0.15, 0.2) is 0 Å². The quantitative estimate of drug-likeness (QED) is 0.672. The van der Waals surface area contributed by atoms with Crippen molar-refractivity contribution >= 4 is 0 Å². The topological polar surface area (TPSA) is 6.48 Å². The van der Waals surface area contributed by atoms with E-state index in [0.717, 1.165) is 5.92 Å². The Morgan fingerprint density at radius 3 is 2.47 bits per heavy atom. The summed E-state index contributed by atoms with van der Waals surface area (Å²) in [5, 5.41) is 0.